The van der Waals surface area contributed by atoms with Crippen molar-refractivity contribution in [2.45, 2.75) is 51.0 Å². The molecule has 174 valence electrons. The van der Waals surface area contributed by atoms with E-state index in [0.717, 1.165) is 37.7 Å². The molecule has 0 unspecified atom stereocenters. The maximum atomic E-state index is 14.2. The lowest BCUT2D eigenvalue weighted by Gasteiger charge is -2.32. The van der Waals surface area contributed by atoms with Crippen molar-refractivity contribution in [3.8, 4) is 6.07 Å². The number of carbonyl (C=O) groups is 1. The van der Waals surface area contributed by atoms with Crippen LogP contribution < -0.4 is 0 Å². The van der Waals surface area contributed by atoms with E-state index in [4.69, 9.17) is 15.2 Å². The molecule has 0 spiro atoms. The Morgan fingerprint density at radius 2 is 1.91 bits per heavy atom. The van der Waals surface area contributed by atoms with Crippen molar-refractivity contribution in [3.63, 3.8) is 0 Å². The minimum atomic E-state index is -0.496. The summed E-state index contributed by atoms with van der Waals surface area (Å²) in [6, 6.07) is 10.9. The van der Waals surface area contributed by atoms with Crippen molar-refractivity contribution < 1.29 is 23.5 Å². The van der Waals surface area contributed by atoms with Crippen molar-refractivity contribution in [1.82, 2.24) is 5.06 Å². The van der Waals surface area contributed by atoms with Gasteiger partial charge in [-0.1, -0.05) is 12.1 Å². The van der Waals surface area contributed by atoms with Gasteiger partial charge in [0, 0.05) is 18.9 Å². The molecule has 1 saturated heterocycles. The Morgan fingerprint density at radius 3 is 2.61 bits per heavy atom. The molecule has 1 amide bonds. The van der Waals surface area contributed by atoms with E-state index < -0.39 is 11.9 Å². The summed E-state index contributed by atoms with van der Waals surface area (Å²) in [6.45, 7) is 0.302. The Kier molecular flexibility index (Phi) is 7.36. The van der Waals surface area contributed by atoms with Crippen LogP contribution in [0.4, 0.5) is 8.78 Å². The van der Waals surface area contributed by atoms with Crippen LogP contribution in [0, 0.1) is 34.8 Å². The molecule has 2 aromatic rings. The maximum absolute atomic E-state index is 14.2. The van der Waals surface area contributed by atoms with Gasteiger partial charge >= 0.3 is 0 Å². The predicted octanol–water partition coefficient (Wildman–Crippen LogP) is 4.63. The van der Waals surface area contributed by atoms with Gasteiger partial charge < -0.3 is 5.11 Å². The first-order valence-electron chi connectivity index (χ1n) is 11.5. The minimum Gasteiger partial charge on any atom is -0.396 e. The smallest absolute Gasteiger partial charge is 0.249 e. The highest BCUT2D eigenvalue weighted by Crippen LogP contribution is 2.37. The molecule has 2 aromatic carbocycles. The van der Waals surface area contributed by atoms with Crippen LogP contribution >= 0.6 is 0 Å². The van der Waals surface area contributed by atoms with Crippen LogP contribution in [0.25, 0.3) is 0 Å². The van der Waals surface area contributed by atoms with Crippen LogP contribution in [0.2, 0.25) is 0 Å². The number of carbonyl (C=O) groups excluding carboxylic acids is 1. The Bertz CT molecular complexity index is 1040. The highest BCUT2D eigenvalue weighted by Gasteiger charge is 2.37. The number of hydrogen-bond acceptors (Lipinski definition) is 4. The van der Waals surface area contributed by atoms with Gasteiger partial charge in [-0.25, -0.2) is 13.8 Å². The monoisotopic (exact) mass is 454 g/mol. The summed E-state index contributed by atoms with van der Waals surface area (Å²) in [7, 11) is 0. The molecule has 2 aliphatic rings. The normalized spacial score (nSPS) is 22.8. The lowest BCUT2D eigenvalue weighted by Crippen LogP contribution is -2.36. The largest absolute Gasteiger partial charge is 0.396 e. The highest BCUT2D eigenvalue weighted by atomic mass is 19.1. The molecule has 2 fully saturated rings. The zero-order chi connectivity index (χ0) is 23.4. The first-order valence-corrected chi connectivity index (χ1v) is 11.5. The lowest BCUT2D eigenvalue weighted by atomic mass is 9.78. The Balaban J connectivity index is 1.36. The summed E-state index contributed by atoms with van der Waals surface area (Å²) in [4.78, 5) is 18.8. The highest BCUT2D eigenvalue weighted by molar-refractivity contribution is 5.78. The van der Waals surface area contributed by atoms with E-state index in [1.165, 1.54) is 17.2 Å². The number of aliphatic hydroxyl groups is 1. The van der Waals surface area contributed by atoms with E-state index in [2.05, 4.69) is 0 Å². The second kappa shape index (κ2) is 10.4. The van der Waals surface area contributed by atoms with E-state index >= 15 is 0 Å². The minimum absolute atomic E-state index is 0.0748. The number of aliphatic hydroxyl groups excluding tert-OH is 1. The molecule has 33 heavy (non-hydrogen) atoms. The van der Waals surface area contributed by atoms with E-state index in [1.54, 1.807) is 18.2 Å². The first kappa shape index (κ1) is 23.3. The lowest BCUT2D eigenvalue weighted by molar-refractivity contribution is -0.183. The molecule has 0 bridgehead atoms. The van der Waals surface area contributed by atoms with Crippen LogP contribution in [-0.4, -0.2) is 29.3 Å². The summed E-state index contributed by atoms with van der Waals surface area (Å²) in [5, 5.41) is 19.5. The number of rotatable bonds is 6. The third-order valence-electron chi connectivity index (χ3n) is 6.77. The van der Waals surface area contributed by atoms with Gasteiger partial charge in [-0.15, -0.1) is 0 Å². The summed E-state index contributed by atoms with van der Waals surface area (Å²) in [5.74, 6) is -0.634. The predicted molar refractivity (Wildman–Crippen MR) is 118 cm³/mol. The fourth-order valence-electron chi connectivity index (χ4n) is 5.03. The standard InChI is InChI=1S/C26H28F2N2O3/c27-23-13-19(16-29)12-22(15-23)25-8-10-33-30(25)26(32)21-5-1-17(2-6-21)11-18-3-4-20(7-9-31)24(28)14-18/h3-4,12-15,17,21,25,31H,1-2,5-11H2/t17?,21?,25-/m0/s1. The Morgan fingerprint density at radius 1 is 1.12 bits per heavy atom. The van der Waals surface area contributed by atoms with E-state index in [9.17, 15) is 13.6 Å². The molecule has 4 rings (SSSR count). The number of benzene rings is 2. The van der Waals surface area contributed by atoms with Crippen LogP contribution in [0.15, 0.2) is 36.4 Å². The van der Waals surface area contributed by atoms with Gasteiger partial charge in [-0.2, -0.15) is 5.26 Å². The molecule has 0 aromatic heterocycles. The van der Waals surface area contributed by atoms with Crippen molar-refractivity contribution >= 4 is 5.91 Å². The molecule has 1 saturated carbocycles. The molecular formula is C26H28F2N2O3. The molecule has 7 heteroatoms. The van der Waals surface area contributed by atoms with Gasteiger partial charge in [-0.05, 0) is 85.4 Å². The van der Waals surface area contributed by atoms with Gasteiger partial charge in [0.25, 0.3) is 0 Å². The van der Waals surface area contributed by atoms with E-state index in [-0.39, 0.29) is 29.8 Å². The third-order valence-corrected chi connectivity index (χ3v) is 6.77. The van der Waals surface area contributed by atoms with Gasteiger partial charge in [0.05, 0.1) is 24.3 Å². The van der Waals surface area contributed by atoms with E-state index in [1.807, 2.05) is 12.1 Å². The number of hydrogen-bond donors (Lipinski definition) is 1. The van der Waals surface area contributed by atoms with Gasteiger partial charge in [0.2, 0.25) is 5.91 Å². The zero-order valence-electron chi connectivity index (χ0n) is 18.5. The second-order valence-corrected chi connectivity index (χ2v) is 9.01. The molecule has 1 heterocycles. The molecule has 1 N–H and O–H groups in total. The molecule has 1 aliphatic heterocycles. The topological polar surface area (TPSA) is 73.6 Å². The number of nitriles is 1. The van der Waals surface area contributed by atoms with Gasteiger partial charge in [0.15, 0.2) is 0 Å². The average Bonchev–Trinajstić information content (AvgIpc) is 3.30. The van der Waals surface area contributed by atoms with Crippen LogP contribution in [0.5, 0.6) is 0 Å². The summed E-state index contributed by atoms with van der Waals surface area (Å²) < 4.78 is 28.1. The molecule has 1 atom stereocenters. The summed E-state index contributed by atoms with van der Waals surface area (Å²) >= 11 is 0. The van der Waals surface area contributed by atoms with Crippen LogP contribution in [-0.2, 0) is 22.5 Å². The quantitative estimate of drug-likeness (QED) is 0.691. The number of hydroxylamine groups is 2. The Hall–Kier alpha value is -2.82. The molecule has 1 aliphatic carbocycles. The van der Waals surface area contributed by atoms with Crippen molar-refractivity contribution in [2.75, 3.05) is 13.2 Å². The summed E-state index contributed by atoms with van der Waals surface area (Å²) in [6.07, 6.45) is 4.84. The first-order chi connectivity index (χ1) is 16.0. The second-order valence-electron chi connectivity index (χ2n) is 9.01. The SMILES string of the molecule is N#Cc1cc(F)cc([C@@H]2CCON2C(=O)C2CCC(Cc3ccc(CCO)c(F)c3)CC2)c1. The number of nitrogens with zero attached hydrogens (tertiary/aromatic N) is 2. The van der Waals surface area contributed by atoms with Crippen LogP contribution in [0.3, 0.4) is 0 Å². The maximum Gasteiger partial charge on any atom is 0.249 e. The van der Waals surface area contributed by atoms with Crippen molar-refractivity contribution in [3.05, 3.63) is 70.3 Å². The van der Waals surface area contributed by atoms with Gasteiger partial charge in [0.1, 0.15) is 11.6 Å². The molecular weight excluding hydrogens is 426 g/mol. The molecule has 0 radical (unpaired) electrons. The molecule has 5 nitrogen and oxygen atoms in total. The zero-order valence-corrected chi connectivity index (χ0v) is 18.5. The fourth-order valence-corrected chi connectivity index (χ4v) is 5.03. The van der Waals surface area contributed by atoms with Gasteiger partial charge in [-0.3, -0.25) is 9.63 Å². The van der Waals surface area contributed by atoms with Crippen molar-refractivity contribution in [1.29, 1.82) is 5.26 Å². The average molecular weight is 455 g/mol. The Labute approximate surface area is 192 Å². The third kappa shape index (κ3) is 5.40. The number of amides is 1. The summed E-state index contributed by atoms with van der Waals surface area (Å²) in [5.41, 5.74) is 2.27. The number of halogens is 2. The fraction of sp³-hybridized carbons (Fsp3) is 0.462. The van der Waals surface area contributed by atoms with Crippen molar-refractivity contribution in [2.24, 2.45) is 11.8 Å². The van der Waals surface area contributed by atoms with Crippen LogP contribution in [0.1, 0.15) is 60.4 Å². The van der Waals surface area contributed by atoms with E-state index in [0.29, 0.717) is 36.5 Å².